The van der Waals surface area contributed by atoms with Crippen LogP contribution in [0.3, 0.4) is 0 Å². The third-order valence-electron chi connectivity index (χ3n) is 4.49. The SMILES string of the molecule is C[Si](C)(C)C#CCCN(CCO)C(=O)Cc1ccc2oc3ccccc3c2c1. The lowest BCUT2D eigenvalue weighted by molar-refractivity contribution is -0.130. The van der Waals surface area contributed by atoms with Crippen molar-refractivity contribution in [3.8, 4) is 11.5 Å². The average molecular weight is 394 g/mol. The van der Waals surface area contributed by atoms with Crippen LogP contribution in [0.4, 0.5) is 0 Å². The van der Waals surface area contributed by atoms with Crippen molar-refractivity contribution < 1.29 is 14.3 Å². The highest BCUT2D eigenvalue weighted by molar-refractivity contribution is 6.83. The van der Waals surface area contributed by atoms with Gasteiger partial charge in [-0.3, -0.25) is 4.79 Å². The van der Waals surface area contributed by atoms with Crippen LogP contribution in [0.15, 0.2) is 46.9 Å². The van der Waals surface area contributed by atoms with Crippen LogP contribution in [-0.4, -0.2) is 43.7 Å². The maximum atomic E-state index is 12.8. The summed E-state index contributed by atoms with van der Waals surface area (Å²) in [7, 11) is -1.40. The summed E-state index contributed by atoms with van der Waals surface area (Å²) in [6.07, 6.45) is 0.943. The molecule has 2 aromatic carbocycles. The van der Waals surface area contributed by atoms with Crippen LogP contribution in [0.1, 0.15) is 12.0 Å². The zero-order valence-corrected chi connectivity index (χ0v) is 17.8. The van der Waals surface area contributed by atoms with Gasteiger partial charge in [0, 0.05) is 30.3 Å². The molecule has 0 unspecified atom stereocenters. The number of hydrogen-bond acceptors (Lipinski definition) is 3. The molecule has 1 N–H and O–H groups in total. The number of carbonyl (C=O) groups excluding carboxylic acids is 1. The Morgan fingerprint density at radius 1 is 1.07 bits per heavy atom. The maximum absolute atomic E-state index is 12.8. The van der Waals surface area contributed by atoms with E-state index in [0.29, 0.717) is 25.9 Å². The predicted octanol–water partition coefficient (Wildman–Crippen LogP) is 4.22. The Bertz CT molecular complexity index is 1040. The number of para-hydroxylation sites is 1. The van der Waals surface area contributed by atoms with Gasteiger partial charge in [0.15, 0.2) is 0 Å². The van der Waals surface area contributed by atoms with E-state index in [4.69, 9.17) is 4.42 Å². The highest BCUT2D eigenvalue weighted by Gasteiger charge is 2.15. The molecule has 0 fully saturated rings. The van der Waals surface area contributed by atoms with Gasteiger partial charge >= 0.3 is 0 Å². The number of aliphatic hydroxyl groups is 1. The van der Waals surface area contributed by atoms with Gasteiger partial charge in [0.05, 0.1) is 13.0 Å². The molecule has 1 amide bonds. The van der Waals surface area contributed by atoms with Crippen molar-refractivity contribution in [3.05, 3.63) is 48.0 Å². The molecule has 5 heteroatoms. The largest absolute Gasteiger partial charge is 0.456 e. The van der Waals surface area contributed by atoms with Crippen molar-refractivity contribution >= 4 is 35.9 Å². The van der Waals surface area contributed by atoms with Crippen LogP contribution in [-0.2, 0) is 11.2 Å². The second-order valence-corrected chi connectivity index (χ2v) is 12.8. The fraction of sp³-hybridized carbons (Fsp3) is 0.348. The van der Waals surface area contributed by atoms with Crippen LogP contribution in [0, 0.1) is 11.5 Å². The second kappa shape index (κ2) is 8.64. The van der Waals surface area contributed by atoms with Crippen molar-refractivity contribution in [2.75, 3.05) is 19.7 Å². The molecule has 146 valence electrons. The minimum atomic E-state index is -1.40. The first-order valence-corrected chi connectivity index (χ1v) is 13.2. The maximum Gasteiger partial charge on any atom is 0.227 e. The molecule has 4 nitrogen and oxygen atoms in total. The van der Waals surface area contributed by atoms with Crippen LogP contribution in [0.2, 0.25) is 19.6 Å². The van der Waals surface area contributed by atoms with Crippen molar-refractivity contribution in [2.45, 2.75) is 32.5 Å². The minimum Gasteiger partial charge on any atom is -0.456 e. The molecule has 0 aliphatic rings. The van der Waals surface area contributed by atoms with Crippen LogP contribution in [0.25, 0.3) is 21.9 Å². The standard InChI is InChI=1S/C23H27NO3Si/c1-28(2,3)15-7-6-12-24(13-14-25)23(26)17-18-10-11-22-20(16-18)19-8-4-5-9-21(19)27-22/h4-5,8-11,16,25H,6,12-14,17H2,1-3H3. The first-order valence-electron chi connectivity index (χ1n) is 9.66. The molecule has 0 bridgehead atoms. The molecule has 0 saturated heterocycles. The number of fused-ring (bicyclic) bond motifs is 3. The zero-order valence-electron chi connectivity index (χ0n) is 16.8. The normalized spacial score (nSPS) is 11.4. The second-order valence-electron chi connectivity index (χ2n) is 8.01. The summed E-state index contributed by atoms with van der Waals surface area (Å²) < 4.78 is 5.85. The van der Waals surface area contributed by atoms with E-state index in [1.54, 1.807) is 4.90 Å². The zero-order chi connectivity index (χ0) is 20.1. The topological polar surface area (TPSA) is 53.7 Å². The van der Waals surface area contributed by atoms with Gasteiger partial charge in [0.25, 0.3) is 0 Å². The molecule has 1 heterocycles. The third kappa shape index (κ3) is 5.03. The highest BCUT2D eigenvalue weighted by Crippen LogP contribution is 2.29. The number of aliphatic hydroxyl groups excluding tert-OH is 1. The van der Waals surface area contributed by atoms with E-state index in [0.717, 1.165) is 27.5 Å². The van der Waals surface area contributed by atoms with Crippen molar-refractivity contribution in [1.29, 1.82) is 0 Å². The van der Waals surface area contributed by atoms with Crippen molar-refractivity contribution in [2.24, 2.45) is 0 Å². The van der Waals surface area contributed by atoms with Crippen LogP contribution < -0.4 is 0 Å². The molecule has 0 spiro atoms. The minimum absolute atomic E-state index is 0.0102. The molecule has 0 aliphatic carbocycles. The highest BCUT2D eigenvalue weighted by atomic mass is 28.3. The van der Waals surface area contributed by atoms with Gasteiger partial charge in [0.1, 0.15) is 19.2 Å². The Morgan fingerprint density at radius 2 is 1.82 bits per heavy atom. The Morgan fingerprint density at radius 3 is 2.57 bits per heavy atom. The number of amides is 1. The summed E-state index contributed by atoms with van der Waals surface area (Å²) in [4.78, 5) is 14.5. The first kappa shape index (κ1) is 20.2. The summed E-state index contributed by atoms with van der Waals surface area (Å²) in [6, 6.07) is 13.8. The van der Waals surface area contributed by atoms with Gasteiger partial charge in [0.2, 0.25) is 5.91 Å². The lowest BCUT2D eigenvalue weighted by Crippen LogP contribution is -2.35. The van der Waals surface area contributed by atoms with Gasteiger partial charge < -0.3 is 14.4 Å². The average Bonchev–Trinajstić information content (AvgIpc) is 3.01. The Labute approximate surface area is 167 Å². The van der Waals surface area contributed by atoms with E-state index in [1.165, 1.54) is 0 Å². The van der Waals surface area contributed by atoms with E-state index in [1.807, 2.05) is 42.5 Å². The van der Waals surface area contributed by atoms with E-state index < -0.39 is 8.07 Å². The summed E-state index contributed by atoms with van der Waals surface area (Å²) in [5.74, 6) is 3.21. The Hall–Kier alpha value is -2.55. The Balaban J connectivity index is 1.73. The smallest absolute Gasteiger partial charge is 0.227 e. The number of nitrogens with zero attached hydrogens (tertiary/aromatic N) is 1. The fourth-order valence-corrected chi connectivity index (χ4v) is 3.83. The van der Waals surface area contributed by atoms with E-state index in [-0.39, 0.29) is 12.5 Å². The van der Waals surface area contributed by atoms with E-state index in [9.17, 15) is 9.90 Å². The number of rotatable bonds is 6. The van der Waals surface area contributed by atoms with E-state index >= 15 is 0 Å². The molecule has 3 aromatic rings. The number of furan rings is 1. The van der Waals surface area contributed by atoms with Gasteiger partial charge in [-0.05, 0) is 23.8 Å². The molecule has 0 radical (unpaired) electrons. The summed E-state index contributed by atoms with van der Waals surface area (Å²) >= 11 is 0. The number of carbonyl (C=O) groups is 1. The number of benzene rings is 2. The predicted molar refractivity (Wildman–Crippen MR) is 117 cm³/mol. The quantitative estimate of drug-likeness (QED) is 0.504. The fourth-order valence-electron chi connectivity index (χ4n) is 3.17. The van der Waals surface area contributed by atoms with Gasteiger partial charge in [-0.15, -0.1) is 11.5 Å². The lowest BCUT2D eigenvalue weighted by Gasteiger charge is -2.21. The lowest BCUT2D eigenvalue weighted by atomic mass is 10.1. The molecule has 3 rings (SSSR count). The Kier molecular flexibility index (Phi) is 6.23. The van der Waals surface area contributed by atoms with E-state index in [2.05, 4.69) is 31.1 Å². The van der Waals surface area contributed by atoms with Gasteiger partial charge in [-0.1, -0.05) is 43.9 Å². The van der Waals surface area contributed by atoms with Gasteiger partial charge in [-0.25, -0.2) is 0 Å². The summed E-state index contributed by atoms with van der Waals surface area (Å²) in [5, 5.41) is 11.4. The van der Waals surface area contributed by atoms with Crippen molar-refractivity contribution in [3.63, 3.8) is 0 Å². The molecule has 1 aromatic heterocycles. The molecular weight excluding hydrogens is 366 g/mol. The summed E-state index contributed by atoms with van der Waals surface area (Å²) in [5.41, 5.74) is 5.94. The summed E-state index contributed by atoms with van der Waals surface area (Å²) in [6.45, 7) is 7.45. The van der Waals surface area contributed by atoms with Gasteiger partial charge in [-0.2, -0.15) is 0 Å². The molecule has 28 heavy (non-hydrogen) atoms. The number of hydrogen-bond donors (Lipinski definition) is 1. The molecular formula is C23H27NO3Si. The third-order valence-corrected chi connectivity index (χ3v) is 5.42. The van der Waals surface area contributed by atoms with Crippen LogP contribution in [0.5, 0.6) is 0 Å². The van der Waals surface area contributed by atoms with Crippen LogP contribution >= 0.6 is 0 Å². The molecule has 0 aliphatic heterocycles. The molecule has 0 atom stereocenters. The monoisotopic (exact) mass is 393 g/mol. The van der Waals surface area contributed by atoms with Crippen molar-refractivity contribution in [1.82, 2.24) is 4.90 Å². The molecule has 0 saturated carbocycles. The first-order chi connectivity index (χ1) is 13.4.